The van der Waals surface area contributed by atoms with Crippen molar-refractivity contribution in [3.05, 3.63) is 59.7 Å². The van der Waals surface area contributed by atoms with E-state index in [0.29, 0.717) is 26.3 Å². The van der Waals surface area contributed by atoms with Gasteiger partial charge in [0.05, 0.1) is 6.61 Å². The minimum atomic E-state index is -0.194. The van der Waals surface area contributed by atoms with E-state index in [2.05, 4.69) is 10.6 Å². The van der Waals surface area contributed by atoms with Gasteiger partial charge in [0.15, 0.2) is 11.5 Å². The topological polar surface area (TPSA) is 68.8 Å². The molecule has 0 radical (unpaired) electrons. The maximum Gasteiger partial charge on any atom is 0.315 e. The number of hydrogen-bond acceptors (Lipinski definition) is 4. The minimum absolute atomic E-state index is 0.194. The van der Waals surface area contributed by atoms with Crippen LogP contribution in [0.5, 0.6) is 11.5 Å². The molecular weight excluding hydrogens is 320 g/mol. The lowest BCUT2D eigenvalue weighted by Crippen LogP contribution is -2.35. The van der Waals surface area contributed by atoms with E-state index in [4.69, 9.17) is 14.2 Å². The molecule has 2 amide bonds. The van der Waals surface area contributed by atoms with Gasteiger partial charge in [-0.05, 0) is 29.7 Å². The van der Waals surface area contributed by atoms with Crippen LogP contribution in [-0.2, 0) is 17.9 Å². The fourth-order valence-electron chi connectivity index (χ4n) is 2.44. The van der Waals surface area contributed by atoms with Gasteiger partial charge >= 0.3 is 6.03 Å². The van der Waals surface area contributed by atoms with E-state index >= 15 is 0 Å². The molecule has 2 N–H and O–H groups in total. The van der Waals surface area contributed by atoms with E-state index in [1.807, 2.05) is 48.5 Å². The van der Waals surface area contributed by atoms with Crippen molar-refractivity contribution in [3.8, 4) is 11.5 Å². The summed E-state index contributed by atoms with van der Waals surface area (Å²) >= 11 is 0. The van der Waals surface area contributed by atoms with Crippen LogP contribution in [-0.4, -0.2) is 26.0 Å². The van der Waals surface area contributed by atoms with E-state index in [9.17, 15) is 4.79 Å². The summed E-state index contributed by atoms with van der Waals surface area (Å²) in [5.74, 6) is 1.46. The first-order chi connectivity index (χ1) is 12.3. The molecule has 2 aromatic carbocycles. The van der Waals surface area contributed by atoms with Gasteiger partial charge in [0.25, 0.3) is 0 Å². The second kappa shape index (κ2) is 8.94. The highest BCUT2D eigenvalue weighted by Crippen LogP contribution is 2.32. The molecule has 0 spiro atoms. The number of hydrogen-bond donors (Lipinski definition) is 2. The standard InChI is InChI=1S/C19H22N2O4/c22-19(20-9-4-10-23-13-15-5-2-1-3-6-15)21-12-16-7-8-17-18(11-16)25-14-24-17/h1-3,5-8,11H,4,9-10,12-14H2,(H2,20,21,22). The highest BCUT2D eigenvalue weighted by molar-refractivity contribution is 5.73. The molecule has 3 rings (SSSR count). The smallest absolute Gasteiger partial charge is 0.315 e. The number of ether oxygens (including phenoxy) is 3. The van der Waals surface area contributed by atoms with Crippen molar-refractivity contribution < 1.29 is 19.0 Å². The zero-order chi connectivity index (χ0) is 17.3. The fraction of sp³-hybridized carbons (Fsp3) is 0.316. The van der Waals surface area contributed by atoms with Crippen molar-refractivity contribution in [2.75, 3.05) is 19.9 Å². The highest BCUT2D eigenvalue weighted by atomic mass is 16.7. The van der Waals surface area contributed by atoms with Crippen molar-refractivity contribution in [2.45, 2.75) is 19.6 Å². The lowest BCUT2D eigenvalue weighted by atomic mass is 10.2. The molecule has 0 atom stereocenters. The van der Waals surface area contributed by atoms with Crippen LogP contribution in [0, 0.1) is 0 Å². The molecule has 0 saturated heterocycles. The van der Waals surface area contributed by atoms with Gasteiger partial charge in [-0.25, -0.2) is 4.79 Å². The Balaban J connectivity index is 1.26. The van der Waals surface area contributed by atoms with E-state index < -0.39 is 0 Å². The minimum Gasteiger partial charge on any atom is -0.454 e. The van der Waals surface area contributed by atoms with E-state index in [0.717, 1.165) is 29.0 Å². The Morgan fingerprint density at radius 3 is 2.72 bits per heavy atom. The van der Waals surface area contributed by atoms with Crippen LogP contribution in [0.15, 0.2) is 48.5 Å². The third-order valence-corrected chi connectivity index (χ3v) is 3.75. The fourth-order valence-corrected chi connectivity index (χ4v) is 2.44. The maximum absolute atomic E-state index is 11.8. The number of urea groups is 1. The number of amides is 2. The summed E-state index contributed by atoms with van der Waals surface area (Å²) in [4.78, 5) is 11.8. The molecule has 6 nitrogen and oxygen atoms in total. The van der Waals surface area contributed by atoms with Gasteiger partial charge in [0.2, 0.25) is 6.79 Å². The zero-order valence-corrected chi connectivity index (χ0v) is 14.0. The van der Waals surface area contributed by atoms with Gasteiger partial charge in [-0.1, -0.05) is 36.4 Å². The van der Waals surface area contributed by atoms with Crippen LogP contribution >= 0.6 is 0 Å². The normalized spacial score (nSPS) is 12.0. The van der Waals surface area contributed by atoms with Gasteiger partial charge in [-0.15, -0.1) is 0 Å². The molecule has 6 heteroatoms. The molecule has 25 heavy (non-hydrogen) atoms. The highest BCUT2D eigenvalue weighted by Gasteiger charge is 2.13. The molecule has 0 fully saturated rings. The van der Waals surface area contributed by atoms with Crippen molar-refractivity contribution in [1.29, 1.82) is 0 Å². The van der Waals surface area contributed by atoms with E-state index in [-0.39, 0.29) is 12.8 Å². The van der Waals surface area contributed by atoms with E-state index in [1.165, 1.54) is 0 Å². The Morgan fingerprint density at radius 2 is 1.84 bits per heavy atom. The van der Waals surface area contributed by atoms with Crippen LogP contribution < -0.4 is 20.1 Å². The van der Waals surface area contributed by atoms with Crippen molar-refractivity contribution in [2.24, 2.45) is 0 Å². The molecule has 132 valence electrons. The van der Waals surface area contributed by atoms with Crippen LogP contribution in [0.25, 0.3) is 0 Å². The Labute approximate surface area is 147 Å². The molecule has 0 saturated carbocycles. The van der Waals surface area contributed by atoms with E-state index in [1.54, 1.807) is 0 Å². The number of fused-ring (bicyclic) bond motifs is 1. The number of nitrogens with one attached hydrogen (secondary N) is 2. The summed E-state index contributed by atoms with van der Waals surface area (Å²) < 4.78 is 16.2. The van der Waals surface area contributed by atoms with Gasteiger partial charge in [0, 0.05) is 19.7 Å². The molecular formula is C19H22N2O4. The summed E-state index contributed by atoms with van der Waals surface area (Å²) in [6.07, 6.45) is 0.768. The van der Waals surface area contributed by atoms with Crippen LogP contribution in [0.1, 0.15) is 17.5 Å². The first-order valence-corrected chi connectivity index (χ1v) is 8.33. The number of benzene rings is 2. The van der Waals surface area contributed by atoms with Crippen molar-refractivity contribution in [1.82, 2.24) is 10.6 Å². The predicted molar refractivity (Wildman–Crippen MR) is 93.5 cm³/mol. The van der Waals surface area contributed by atoms with Crippen LogP contribution in [0.3, 0.4) is 0 Å². The SMILES string of the molecule is O=C(NCCCOCc1ccccc1)NCc1ccc2c(c1)OCO2. The van der Waals surface area contributed by atoms with Gasteiger partial charge in [-0.2, -0.15) is 0 Å². The molecule has 1 heterocycles. The summed E-state index contributed by atoms with van der Waals surface area (Å²) in [5.41, 5.74) is 2.11. The molecule has 1 aliphatic rings. The molecule has 0 aliphatic carbocycles. The Hall–Kier alpha value is -2.73. The third kappa shape index (κ3) is 5.39. The molecule has 1 aliphatic heterocycles. The Bertz CT molecular complexity index is 691. The quantitative estimate of drug-likeness (QED) is 0.724. The molecule has 2 aromatic rings. The largest absolute Gasteiger partial charge is 0.454 e. The van der Waals surface area contributed by atoms with Crippen molar-refractivity contribution >= 4 is 6.03 Å². The monoisotopic (exact) mass is 342 g/mol. The van der Waals surface area contributed by atoms with Gasteiger partial charge in [0.1, 0.15) is 0 Å². The van der Waals surface area contributed by atoms with Crippen LogP contribution in [0.4, 0.5) is 4.79 Å². The van der Waals surface area contributed by atoms with Crippen LogP contribution in [0.2, 0.25) is 0 Å². The molecule has 0 bridgehead atoms. The molecule has 0 unspecified atom stereocenters. The first kappa shape index (κ1) is 17.1. The van der Waals surface area contributed by atoms with Gasteiger partial charge < -0.3 is 24.8 Å². The third-order valence-electron chi connectivity index (χ3n) is 3.75. The predicted octanol–water partition coefficient (Wildman–Crippen LogP) is 2.82. The second-order valence-corrected chi connectivity index (χ2v) is 5.69. The average Bonchev–Trinajstić information content (AvgIpc) is 3.11. The molecule has 0 aromatic heterocycles. The number of carbonyl (C=O) groups excluding carboxylic acids is 1. The summed E-state index contributed by atoms with van der Waals surface area (Å²) in [5, 5.41) is 5.64. The first-order valence-electron chi connectivity index (χ1n) is 8.33. The Kier molecular flexibility index (Phi) is 6.11. The lowest BCUT2D eigenvalue weighted by Gasteiger charge is -2.09. The second-order valence-electron chi connectivity index (χ2n) is 5.69. The lowest BCUT2D eigenvalue weighted by molar-refractivity contribution is 0.118. The summed E-state index contributed by atoms with van der Waals surface area (Å²) in [6.45, 7) is 2.46. The van der Waals surface area contributed by atoms with Gasteiger partial charge in [-0.3, -0.25) is 0 Å². The number of carbonyl (C=O) groups is 1. The Morgan fingerprint density at radius 1 is 1.00 bits per heavy atom. The van der Waals surface area contributed by atoms with Crippen molar-refractivity contribution in [3.63, 3.8) is 0 Å². The summed E-state index contributed by atoms with van der Waals surface area (Å²) in [7, 11) is 0. The maximum atomic E-state index is 11.8. The zero-order valence-electron chi connectivity index (χ0n) is 14.0. The average molecular weight is 342 g/mol. The number of rotatable bonds is 8. The summed E-state index contributed by atoms with van der Waals surface area (Å²) in [6, 6.07) is 15.5.